The number of fused-ring (bicyclic) bond motifs is 9. The Morgan fingerprint density at radius 3 is 1.34 bits per heavy atom. The van der Waals surface area contributed by atoms with E-state index in [-0.39, 0.29) is 0 Å². The third-order valence-corrected chi connectivity index (χ3v) is 12.3. The Labute approximate surface area is 335 Å². The number of aromatic nitrogens is 2. The summed E-state index contributed by atoms with van der Waals surface area (Å²) in [6, 6.07) is 79.5. The Morgan fingerprint density at radius 1 is 0.276 bits per heavy atom. The summed E-state index contributed by atoms with van der Waals surface area (Å²) in [5, 5.41) is 7.12. The molecule has 0 saturated carbocycles. The first-order valence-corrected chi connectivity index (χ1v) is 19.9. The zero-order valence-electron chi connectivity index (χ0n) is 31.6. The molecule has 0 spiro atoms. The Bertz CT molecular complexity index is 3350. The Morgan fingerprint density at radius 2 is 0.724 bits per heavy atom. The predicted octanol–water partition coefficient (Wildman–Crippen LogP) is 14.2. The van der Waals surface area contributed by atoms with Crippen LogP contribution in [0.1, 0.15) is 22.3 Å². The van der Waals surface area contributed by atoms with Crippen molar-refractivity contribution in [1.82, 2.24) is 9.13 Å². The van der Waals surface area contributed by atoms with Crippen LogP contribution in [-0.4, -0.2) is 9.13 Å². The molecule has 0 radical (unpaired) electrons. The van der Waals surface area contributed by atoms with E-state index in [2.05, 4.69) is 215 Å². The average molecular weight is 741 g/mol. The number of rotatable bonds is 6. The van der Waals surface area contributed by atoms with Gasteiger partial charge in [-0.3, -0.25) is 0 Å². The number of nitrogens with zero attached hydrogens (tertiary/aromatic N) is 2. The fourth-order valence-electron chi connectivity index (χ4n) is 9.78. The molecule has 0 aliphatic rings. The molecule has 9 aromatic carbocycles. The molecule has 3 heteroatoms. The van der Waals surface area contributed by atoms with Crippen molar-refractivity contribution in [2.24, 2.45) is 0 Å². The van der Waals surface area contributed by atoms with Crippen molar-refractivity contribution < 1.29 is 4.42 Å². The third-order valence-electron chi connectivity index (χ3n) is 12.3. The van der Waals surface area contributed by atoms with E-state index in [9.17, 15) is 0 Å². The second-order valence-corrected chi connectivity index (χ2v) is 15.3. The van der Waals surface area contributed by atoms with E-state index in [1.165, 1.54) is 54.8 Å². The maximum absolute atomic E-state index is 6.33. The molecule has 0 aliphatic heterocycles. The van der Waals surface area contributed by atoms with E-state index in [0.717, 1.165) is 44.3 Å². The monoisotopic (exact) mass is 740 g/mol. The zero-order valence-corrected chi connectivity index (χ0v) is 31.6. The van der Waals surface area contributed by atoms with Gasteiger partial charge in [-0.15, -0.1) is 0 Å². The topological polar surface area (TPSA) is 23.0 Å². The highest BCUT2D eigenvalue weighted by atomic mass is 16.3. The normalized spacial score (nSPS) is 12.1. The highest BCUT2D eigenvalue weighted by molar-refractivity contribution is 6.13. The summed E-state index contributed by atoms with van der Waals surface area (Å²) >= 11 is 0. The molecule has 0 N–H and O–H groups in total. The largest absolute Gasteiger partial charge is 0.456 e. The summed E-state index contributed by atoms with van der Waals surface area (Å²) < 4.78 is 11.2. The maximum Gasteiger partial charge on any atom is 0.135 e. The molecular weight excluding hydrogens is 705 g/mol. The smallest absolute Gasteiger partial charge is 0.135 e. The fraction of sp³-hybridized carbons (Fsp3) is 0.0182. The molecule has 0 fully saturated rings. The number of furan rings is 1. The third kappa shape index (κ3) is 4.68. The van der Waals surface area contributed by atoms with Gasteiger partial charge in [-0.1, -0.05) is 158 Å². The highest BCUT2D eigenvalue weighted by Crippen LogP contribution is 2.47. The first kappa shape index (κ1) is 32.6. The van der Waals surface area contributed by atoms with Crippen molar-refractivity contribution in [1.29, 1.82) is 0 Å². The van der Waals surface area contributed by atoms with Gasteiger partial charge in [-0.2, -0.15) is 0 Å². The lowest BCUT2D eigenvalue weighted by Gasteiger charge is -2.37. The first-order chi connectivity index (χ1) is 28.8. The van der Waals surface area contributed by atoms with Crippen LogP contribution in [0.2, 0.25) is 0 Å². The van der Waals surface area contributed by atoms with E-state index in [4.69, 9.17) is 4.42 Å². The van der Waals surface area contributed by atoms with Gasteiger partial charge >= 0.3 is 0 Å². The zero-order chi connectivity index (χ0) is 38.2. The molecule has 3 nitrogen and oxygen atoms in total. The molecule has 272 valence electrons. The Balaban J connectivity index is 1.19. The minimum Gasteiger partial charge on any atom is -0.456 e. The van der Waals surface area contributed by atoms with Gasteiger partial charge in [0, 0.05) is 43.7 Å². The first-order valence-electron chi connectivity index (χ1n) is 19.9. The van der Waals surface area contributed by atoms with Crippen molar-refractivity contribution >= 4 is 65.6 Å². The van der Waals surface area contributed by atoms with E-state index in [0.29, 0.717) is 0 Å². The molecule has 3 heterocycles. The van der Waals surface area contributed by atoms with Crippen LogP contribution in [0.15, 0.2) is 223 Å². The van der Waals surface area contributed by atoms with Gasteiger partial charge in [0.25, 0.3) is 0 Å². The van der Waals surface area contributed by atoms with Crippen LogP contribution in [0.5, 0.6) is 0 Å². The molecule has 0 bridgehead atoms. The van der Waals surface area contributed by atoms with Crippen molar-refractivity contribution in [3.8, 4) is 11.4 Å². The van der Waals surface area contributed by atoms with Crippen LogP contribution >= 0.6 is 0 Å². The van der Waals surface area contributed by atoms with E-state index >= 15 is 0 Å². The SMILES string of the molecule is c1ccc(C(c2ccccc2)(c2ccccc2)c2ccc3c4cc(-n5c6ccccc6c6ccccc65)ccc4n(-c4ccc5oc6ccccc6c5c4)c3c2)cc1. The number of hydrogen-bond acceptors (Lipinski definition) is 1. The van der Waals surface area contributed by atoms with Crippen molar-refractivity contribution in [2.45, 2.75) is 5.41 Å². The van der Waals surface area contributed by atoms with Crippen LogP contribution in [0.25, 0.3) is 76.9 Å². The van der Waals surface area contributed by atoms with Crippen molar-refractivity contribution in [3.05, 3.63) is 241 Å². The average Bonchev–Trinajstić information content (AvgIpc) is 3.95. The molecule has 0 unspecified atom stereocenters. The fourth-order valence-corrected chi connectivity index (χ4v) is 9.78. The Hall–Kier alpha value is -7.62. The second-order valence-electron chi connectivity index (χ2n) is 15.3. The molecule has 0 atom stereocenters. The number of para-hydroxylation sites is 3. The summed E-state index contributed by atoms with van der Waals surface area (Å²) in [5.41, 5.74) is 13.0. The van der Waals surface area contributed by atoms with Crippen LogP contribution in [0, 0.1) is 0 Å². The summed E-state index contributed by atoms with van der Waals surface area (Å²) in [5.74, 6) is 0. The molecule has 58 heavy (non-hydrogen) atoms. The van der Waals surface area contributed by atoms with Gasteiger partial charge in [-0.25, -0.2) is 0 Å². The molecule has 0 saturated heterocycles. The number of hydrogen-bond donors (Lipinski definition) is 0. The van der Waals surface area contributed by atoms with Gasteiger partial charge in [0.1, 0.15) is 11.2 Å². The Kier molecular flexibility index (Phi) is 7.14. The summed E-state index contributed by atoms with van der Waals surface area (Å²) in [4.78, 5) is 0. The van der Waals surface area contributed by atoms with Gasteiger partial charge < -0.3 is 13.6 Å². The molecule has 3 aromatic heterocycles. The summed E-state index contributed by atoms with van der Waals surface area (Å²) in [7, 11) is 0. The van der Waals surface area contributed by atoms with Gasteiger partial charge in [0.05, 0.1) is 27.5 Å². The molecular formula is C55H36N2O. The van der Waals surface area contributed by atoms with Crippen LogP contribution in [-0.2, 0) is 5.41 Å². The molecule has 0 amide bonds. The van der Waals surface area contributed by atoms with Crippen LogP contribution in [0.3, 0.4) is 0 Å². The van der Waals surface area contributed by atoms with Crippen LogP contribution < -0.4 is 0 Å². The van der Waals surface area contributed by atoms with Gasteiger partial charge in [0.15, 0.2) is 0 Å². The van der Waals surface area contributed by atoms with E-state index < -0.39 is 5.41 Å². The standard InChI is InChI=1S/C55H36N2O/c1-4-16-37(17-5-1)55(38-18-6-2-7-19-38,39-20-8-3-9-21-39)40-28-31-45-47-35-41(56-49-25-13-10-22-43(49)44-23-11-14-26-50(44)56)29-32-51(47)57(52(45)34-40)42-30-33-54-48(36-42)46-24-12-15-27-53(46)58-54/h1-36H. The van der Waals surface area contributed by atoms with Gasteiger partial charge in [0.2, 0.25) is 0 Å². The second kappa shape index (κ2) is 12.7. The van der Waals surface area contributed by atoms with Crippen molar-refractivity contribution in [2.75, 3.05) is 0 Å². The van der Waals surface area contributed by atoms with E-state index in [1.807, 2.05) is 12.1 Å². The lowest BCUT2D eigenvalue weighted by Crippen LogP contribution is -2.31. The molecule has 12 rings (SSSR count). The minimum absolute atomic E-state index is 0.585. The summed E-state index contributed by atoms with van der Waals surface area (Å²) in [6.07, 6.45) is 0. The van der Waals surface area contributed by atoms with Crippen molar-refractivity contribution in [3.63, 3.8) is 0 Å². The van der Waals surface area contributed by atoms with Crippen LogP contribution in [0.4, 0.5) is 0 Å². The summed E-state index contributed by atoms with van der Waals surface area (Å²) in [6.45, 7) is 0. The highest BCUT2D eigenvalue weighted by Gasteiger charge is 2.38. The lowest BCUT2D eigenvalue weighted by molar-refractivity contribution is 0.669. The molecule has 0 aliphatic carbocycles. The van der Waals surface area contributed by atoms with Gasteiger partial charge in [-0.05, 0) is 82.9 Å². The van der Waals surface area contributed by atoms with E-state index in [1.54, 1.807) is 0 Å². The number of benzene rings is 9. The maximum atomic E-state index is 6.33. The lowest BCUT2D eigenvalue weighted by atomic mass is 9.65. The quantitative estimate of drug-likeness (QED) is 0.156. The minimum atomic E-state index is -0.585. The predicted molar refractivity (Wildman–Crippen MR) is 241 cm³/mol. The molecule has 12 aromatic rings.